The number of hydrogen-bond donors (Lipinski definition) is 2. The number of carbonyl (C=O) groups is 4. The second-order valence-electron chi connectivity index (χ2n) is 6.96. The predicted octanol–water partition coefficient (Wildman–Crippen LogP) is 2.46. The summed E-state index contributed by atoms with van der Waals surface area (Å²) in [5.74, 6) is -5.09. The highest BCUT2D eigenvalue weighted by Gasteiger charge is 2.53. The van der Waals surface area contributed by atoms with Gasteiger partial charge in [-0.3, -0.25) is 19.2 Å². The van der Waals surface area contributed by atoms with Crippen molar-refractivity contribution in [1.82, 2.24) is 0 Å². The van der Waals surface area contributed by atoms with Gasteiger partial charge < -0.3 is 14.9 Å². The summed E-state index contributed by atoms with van der Waals surface area (Å²) < 4.78 is 4.83. The molecule has 0 aromatic heterocycles. The van der Waals surface area contributed by atoms with E-state index >= 15 is 0 Å². The van der Waals surface area contributed by atoms with E-state index in [-0.39, 0.29) is 25.7 Å². The van der Waals surface area contributed by atoms with Crippen LogP contribution >= 0.6 is 0 Å². The van der Waals surface area contributed by atoms with Gasteiger partial charge in [0.1, 0.15) is 0 Å². The van der Waals surface area contributed by atoms with Gasteiger partial charge >= 0.3 is 23.9 Å². The van der Waals surface area contributed by atoms with Crippen LogP contribution in [-0.2, 0) is 23.9 Å². The van der Waals surface area contributed by atoms with Crippen LogP contribution in [0.5, 0.6) is 0 Å². The number of carbonyl (C=O) groups excluding carboxylic acids is 2. The number of allylic oxidation sites excluding steroid dienone is 4. The first-order chi connectivity index (χ1) is 11.6. The zero-order chi connectivity index (χ0) is 18.8. The van der Waals surface area contributed by atoms with Gasteiger partial charge in [-0.2, -0.15) is 0 Å². The lowest BCUT2D eigenvalue weighted by molar-refractivity contribution is -0.182. The number of rotatable bonds is 4. The molecule has 0 heterocycles. The van der Waals surface area contributed by atoms with E-state index in [0.29, 0.717) is 12.8 Å². The van der Waals surface area contributed by atoms with E-state index in [0.717, 1.165) is 11.1 Å². The monoisotopic (exact) mass is 350 g/mol. The molecular formula is C18H22O7. The number of esters is 2. The van der Waals surface area contributed by atoms with Gasteiger partial charge in [-0.1, -0.05) is 23.3 Å². The van der Waals surface area contributed by atoms with Crippen LogP contribution in [0, 0.1) is 10.8 Å². The number of carboxylic acids is 2. The third-order valence-electron chi connectivity index (χ3n) is 5.28. The molecule has 2 rings (SSSR count). The second-order valence-corrected chi connectivity index (χ2v) is 6.96. The fourth-order valence-corrected chi connectivity index (χ4v) is 3.14. The molecule has 0 aromatic rings. The van der Waals surface area contributed by atoms with E-state index in [9.17, 15) is 29.4 Å². The highest BCUT2D eigenvalue weighted by atomic mass is 16.6. The molecule has 0 saturated heterocycles. The molecule has 136 valence electrons. The first-order valence-electron chi connectivity index (χ1n) is 8.19. The van der Waals surface area contributed by atoms with Gasteiger partial charge in [-0.15, -0.1) is 0 Å². The van der Waals surface area contributed by atoms with Gasteiger partial charge in [0.2, 0.25) is 0 Å². The van der Waals surface area contributed by atoms with E-state index in [1.54, 1.807) is 12.2 Å². The second kappa shape index (κ2) is 6.82. The molecule has 2 N–H and O–H groups in total. The van der Waals surface area contributed by atoms with Crippen molar-refractivity contribution in [1.29, 1.82) is 0 Å². The summed E-state index contributed by atoms with van der Waals surface area (Å²) in [6, 6.07) is 0. The van der Waals surface area contributed by atoms with Crippen molar-refractivity contribution in [3.05, 3.63) is 23.3 Å². The highest BCUT2D eigenvalue weighted by Crippen LogP contribution is 2.40. The number of ether oxygens (including phenoxy) is 1. The third kappa shape index (κ3) is 3.36. The largest absolute Gasteiger partial charge is 0.480 e. The molecule has 0 aromatic carbocycles. The quantitative estimate of drug-likeness (QED) is 0.454. The Kier molecular flexibility index (Phi) is 5.15. The zero-order valence-corrected chi connectivity index (χ0v) is 14.3. The van der Waals surface area contributed by atoms with Gasteiger partial charge in [0, 0.05) is 0 Å². The minimum absolute atomic E-state index is 0.0237. The van der Waals surface area contributed by atoms with E-state index < -0.39 is 34.7 Å². The average Bonchev–Trinajstić information content (AvgIpc) is 2.55. The Labute approximate surface area is 145 Å². The summed E-state index contributed by atoms with van der Waals surface area (Å²) in [4.78, 5) is 48.3. The van der Waals surface area contributed by atoms with E-state index in [2.05, 4.69) is 0 Å². The molecule has 2 atom stereocenters. The van der Waals surface area contributed by atoms with Crippen LogP contribution in [0.15, 0.2) is 23.3 Å². The predicted molar refractivity (Wildman–Crippen MR) is 86.5 cm³/mol. The van der Waals surface area contributed by atoms with Crippen LogP contribution in [0.3, 0.4) is 0 Å². The molecule has 2 unspecified atom stereocenters. The van der Waals surface area contributed by atoms with Crippen LogP contribution in [0.1, 0.15) is 52.4 Å². The number of hydrogen-bond acceptors (Lipinski definition) is 5. The summed E-state index contributed by atoms with van der Waals surface area (Å²) in [5, 5.41) is 19.0. The Morgan fingerprint density at radius 1 is 0.840 bits per heavy atom. The van der Waals surface area contributed by atoms with E-state index in [4.69, 9.17) is 4.74 Å². The summed E-state index contributed by atoms with van der Waals surface area (Å²) >= 11 is 0. The minimum atomic E-state index is -1.84. The topological polar surface area (TPSA) is 118 Å². The lowest BCUT2D eigenvalue weighted by atomic mass is 9.74. The molecule has 0 amide bonds. The van der Waals surface area contributed by atoms with E-state index in [1.807, 2.05) is 13.8 Å². The van der Waals surface area contributed by atoms with Gasteiger partial charge in [0.25, 0.3) is 0 Å². The fourth-order valence-electron chi connectivity index (χ4n) is 3.14. The first kappa shape index (κ1) is 18.9. The van der Waals surface area contributed by atoms with Gasteiger partial charge in [0.15, 0.2) is 10.8 Å². The van der Waals surface area contributed by atoms with Crippen LogP contribution < -0.4 is 0 Å². The van der Waals surface area contributed by atoms with Gasteiger partial charge in [-0.05, 0) is 52.4 Å². The Hall–Kier alpha value is -2.44. The Morgan fingerprint density at radius 3 is 1.44 bits per heavy atom. The molecule has 0 bridgehead atoms. The molecular weight excluding hydrogens is 328 g/mol. The normalized spacial score (nSPS) is 29.2. The lowest BCUT2D eigenvalue weighted by Crippen LogP contribution is -2.47. The molecule has 0 saturated carbocycles. The van der Waals surface area contributed by atoms with Gasteiger partial charge in [-0.25, -0.2) is 0 Å². The fraction of sp³-hybridized carbons (Fsp3) is 0.556. The average molecular weight is 350 g/mol. The van der Waals surface area contributed by atoms with Gasteiger partial charge in [0.05, 0.1) is 0 Å². The van der Waals surface area contributed by atoms with Crippen LogP contribution in [0.2, 0.25) is 0 Å². The van der Waals surface area contributed by atoms with Crippen molar-refractivity contribution >= 4 is 23.9 Å². The molecule has 7 heteroatoms. The Bertz CT molecular complexity index is 630. The van der Waals surface area contributed by atoms with Crippen molar-refractivity contribution < 1.29 is 34.1 Å². The maximum absolute atomic E-state index is 12.5. The molecule has 0 spiro atoms. The molecule has 2 aliphatic rings. The SMILES string of the molecule is CC1=CCC(C(=O)O)(C(=O)OC(=O)C2(C(=O)O)CC=C(C)CC2)CC1. The standard InChI is InChI=1S/C18H22O7/c1-11-3-7-17(8-4-11,13(19)20)15(23)25-16(24)18(14(21)22)9-5-12(2)6-10-18/h3,5H,4,6-10H2,1-2H3,(H,19,20)(H,21,22). The maximum atomic E-state index is 12.5. The van der Waals surface area contributed by atoms with Crippen LogP contribution in [0.4, 0.5) is 0 Å². The van der Waals surface area contributed by atoms with Crippen molar-refractivity contribution in [2.24, 2.45) is 10.8 Å². The molecule has 0 radical (unpaired) electrons. The maximum Gasteiger partial charge on any atom is 0.331 e. The molecule has 0 fully saturated rings. The summed E-state index contributed by atoms with van der Waals surface area (Å²) in [7, 11) is 0. The molecule has 2 aliphatic carbocycles. The first-order valence-corrected chi connectivity index (χ1v) is 8.19. The number of carboxylic acid groups (broad SMARTS) is 2. The Balaban J connectivity index is 2.24. The van der Waals surface area contributed by atoms with E-state index in [1.165, 1.54) is 0 Å². The zero-order valence-electron chi connectivity index (χ0n) is 14.3. The molecule has 0 aliphatic heterocycles. The lowest BCUT2D eigenvalue weighted by Gasteiger charge is -2.32. The van der Waals surface area contributed by atoms with Crippen molar-refractivity contribution in [2.75, 3.05) is 0 Å². The summed E-state index contributed by atoms with van der Waals surface area (Å²) in [5.41, 5.74) is -1.75. The minimum Gasteiger partial charge on any atom is -0.480 e. The van der Waals surface area contributed by atoms with Crippen LogP contribution in [-0.4, -0.2) is 34.1 Å². The number of aliphatic carboxylic acids is 2. The summed E-state index contributed by atoms with van der Waals surface area (Å²) in [6.45, 7) is 3.66. The van der Waals surface area contributed by atoms with Crippen LogP contribution in [0.25, 0.3) is 0 Å². The Morgan fingerprint density at radius 2 is 1.20 bits per heavy atom. The molecule has 25 heavy (non-hydrogen) atoms. The third-order valence-corrected chi connectivity index (χ3v) is 5.28. The summed E-state index contributed by atoms with van der Waals surface area (Å²) in [6.07, 6.45) is 4.00. The smallest absolute Gasteiger partial charge is 0.331 e. The van der Waals surface area contributed by atoms with Crippen molar-refractivity contribution in [2.45, 2.75) is 52.4 Å². The molecule has 7 nitrogen and oxygen atoms in total. The van der Waals surface area contributed by atoms with Crippen molar-refractivity contribution in [3.8, 4) is 0 Å². The van der Waals surface area contributed by atoms with Crippen molar-refractivity contribution in [3.63, 3.8) is 0 Å². The highest BCUT2D eigenvalue weighted by molar-refractivity contribution is 6.08.